The van der Waals surface area contributed by atoms with Gasteiger partial charge in [-0.05, 0) is 37.8 Å². The van der Waals surface area contributed by atoms with Crippen LogP contribution in [-0.4, -0.2) is 29.1 Å². The molecule has 2 fully saturated rings. The van der Waals surface area contributed by atoms with Crippen molar-refractivity contribution in [3.8, 4) is 5.75 Å². The third-order valence-corrected chi connectivity index (χ3v) is 5.07. The fourth-order valence-electron chi connectivity index (χ4n) is 3.18. The molecule has 0 unspecified atom stereocenters. The Labute approximate surface area is 197 Å². The number of ether oxygens (including phenoxy) is 1. The van der Waals surface area contributed by atoms with Crippen molar-refractivity contribution < 1.29 is 9.53 Å². The van der Waals surface area contributed by atoms with Gasteiger partial charge in [-0.2, -0.15) is 0 Å². The predicted molar refractivity (Wildman–Crippen MR) is 137 cm³/mol. The van der Waals surface area contributed by atoms with Crippen LogP contribution in [0, 0.1) is 12.8 Å². The molecule has 1 amide bonds. The molecule has 1 aliphatic carbocycles. The van der Waals surface area contributed by atoms with E-state index >= 15 is 0 Å². The van der Waals surface area contributed by atoms with Crippen LogP contribution in [0.15, 0.2) is 54.9 Å². The monoisotopic (exact) mass is 442 g/mol. The van der Waals surface area contributed by atoms with E-state index in [0.717, 1.165) is 25.9 Å². The van der Waals surface area contributed by atoms with E-state index in [4.69, 9.17) is 4.74 Å². The zero-order chi connectivity index (χ0) is 24.0. The summed E-state index contributed by atoms with van der Waals surface area (Å²) >= 11 is 0. The Morgan fingerprint density at radius 2 is 1.41 bits per heavy atom. The van der Waals surface area contributed by atoms with Crippen LogP contribution in [0.25, 0.3) is 0 Å². The Hall–Kier alpha value is -2.36. The molecule has 2 aliphatic rings. The molecule has 0 bridgehead atoms. The van der Waals surface area contributed by atoms with Crippen LogP contribution in [0.5, 0.6) is 5.75 Å². The number of carbonyl (C=O) groups excluding carboxylic acids is 1. The predicted octanol–water partition coefficient (Wildman–Crippen LogP) is 8.31. The number of likely N-dealkylation sites (tertiary alicyclic amines) is 1. The summed E-state index contributed by atoms with van der Waals surface area (Å²) in [5.74, 6) is 1.22. The third kappa shape index (κ3) is 14.6. The van der Waals surface area contributed by atoms with Gasteiger partial charge in [0.25, 0.3) is 0 Å². The van der Waals surface area contributed by atoms with Crippen LogP contribution in [0.2, 0.25) is 0 Å². The van der Waals surface area contributed by atoms with E-state index in [9.17, 15) is 4.79 Å². The quantitative estimate of drug-likeness (QED) is 0.446. The molecule has 4 heteroatoms. The van der Waals surface area contributed by atoms with Crippen LogP contribution in [0.1, 0.15) is 85.1 Å². The maximum Gasteiger partial charge on any atom is 0.415 e. The second-order valence-electron chi connectivity index (χ2n) is 7.65. The molecule has 0 radical (unpaired) electrons. The molecule has 32 heavy (non-hydrogen) atoms. The Kier molecular flexibility index (Phi) is 19.0. The Morgan fingerprint density at radius 1 is 0.875 bits per heavy atom. The summed E-state index contributed by atoms with van der Waals surface area (Å²) in [7, 11) is 0. The summed E-state index contributed by atoms with van der Waals surface area (Å²) in [6.45, 7) is 13.9. The van der Waals surface area contributed by atoms with Gasteiger partial charge in [0.1, 0.15) is 0 Å². The summed E-state index contributed by atoms with van der Waals surface area (Å²) in [5.41, 5.74) is 1.32. The number of hydrogen-bond acceptors (Lipinski definition) is 3. The van der Waals surface area contributed by atoms with Crippen molar-refractivity contribution in [2.45, 2.75) is 86.5 Å². The SMILES string of the molecule is C1CCCC1.CC.CC.CC1CCN(C(=O)Oc2cccnc2)CC1.Cc1ccccc1. The minimum absolute atomic E-state index is 0.264. The lowest BCUT2D eigenvalue weighted by Crippen LogP contribution is -2.39. The number of benzene rings is 1. The van der Waals surface area contributed by atoms with Crippen LogP contribution in [-0.2, 0) is 0 Å². The molecule has 0 atom stereocenters. The molecule has 1 aliphatic heterocycles. The van der Waals surface area contributed by atoms with Gasteiger partial charge < -0.3 is 9.64 Å². The highest BCUT2D eigenvalue weighted by molar-refractivity contribution is 5.70. The Bertz CT molecular complexity index is 642. The van der Waals surface area contributed by atoms with Gasteiger partial charge in [0.05, 0.1) is 6.20 Å². The van der Waals surface area contributed by atoms with E-state index < -0.39 is 0 Å². The normalized spacial score (nSPS) is 14.6. The minimum Gasteiger partial charge on any atom is -0.409 e. The average Bonchev–Trinajstić information content (AvgIpc) is 3.44. The number of pyridine rings is 1. The highest BCUT2D eigenvalue weighted by Gasteiger charge is 2.21. The Balaban J connectivity index is 0.000000494. The number of aryl methyl sites for hydroxylation is 1. The van der Waals surface area contributed by atoms with Crippen molar-refractivity contribution in [3.63, 3.8) is 0 Å². The van der Waals surface area contributed by atoms with Crippen molar-refractivity contribution >= 4 is 6.09 Å². The van der Waals surface area contributed by atoms with Crippen molar-refractivity contribution in [1.29, 1.82) is 0 Å². The van der Waals surface area contributed by atoms with Gasteiger partial charge in [-0.3, -0.25) is 4.98 Å². The fourth-order valence-corrected chi connectivity index (χ4v) is 3.18. The highest BCUT2D eigenvalue weighted by Crippen LogP contribution is 2.17. The number of hydrogen-bond donors (Lipinski definition) is 0. The van der Waals surface area contributed by atoms with Crippen LogP contribution in [0.3, 0.4) is 0 Å². The summed E-state index contributed by atoms with van der Waals surface area (Å²) < 4.78 is 5.21. The molecule has 180 valence electrons. The van der Waals surface area contributed by atoms with Gasteiger partial charge in [-0.15, -0.1) is 0 Å². The number of aromatic nitrogens is 1. The van der Waals surface area contributed by atoms with E-state index in [1.165, 1.54) is 37.7 Å². The number of rotatable bonds is 1. The standard InChI is InChI=1S/C12H16N2O2.C7H8.C5H10.2C2H6/c1-10-4-7-14(8-5-10)12(15)16-11-3-2-6-13-9-11;1-7-5-3-2-4-6-7;1-2-4-5-3-1;2*1-2/h2-3,6,9-10H,4-5,7-8H2,1H3;2-6H,1H3;1-5H2;2*1-2H3. The second kappa shape index (κ2) is 20.5. The molecule has 1 saturated heterocycles. The van der Waals surface area contributed by atoms with Gasteiger partial charge >= 0.3 is 6.09 Å². The first-order valence-electron chi connectivity index (χ1n) is 12.5. The zero-order valence-corrected chi connectivity index (χ0v) is 21.3. The van der Waals surface area contributed by atoms with Gasteiger partial charge in [-0.25, -0.2) is 4.79 Å². The third-order valence-electron chi connectivity index (χ3n) is 5.07. The summed E-state index contributed by atoms with van der Waals surface area (Å²) in [6.07, 6.45) is 12.6. The molecule has 1 saturated carbocycles. The van der Waals surface area contributed by atoms with Crippen LogP contribution >= 0.6 is 0 Å². The van der Waals surface area contributed by atoms with Crippen molar-refractivity contribution in [1.82, 2.24) is 9.88 Å². The number of amides is 1. The highest BCUT2D eigenvalue weighted by atomic mass is 16.6. The van der Waals surface area contributed by atoms with Gasteiger partial charge in [0.2, 0.25) is 0 Å². The minimum atomic E-state index is -0.264. The van der Waals surface area contributed by atoms with Crippen molar-refractivity contribution in [3.05, 3.63) is 60.4 Å². The summed E-state index contributed by atoms with van der Waals surface area (Å²) in [4.78, 5) is 17.4. The van der Waals surface area contributed by atoms with E-state index in [1.54, 1.807) is 29.4 Å². The smallest absolute Gasteiger partial charge is 0.409 e. The van der Waals surface area contributed by atoms with Crippen molar-refractivity contribution in [2.75, 3.05) is 13.1 Å². The lowest BCUT2D eigenvalue weighted by atomic mass is 10.00. The van der Waals surface area contributed by atoms with Gasteiger partial charge in [0, 0.05) is 19.3 Å². The molecule has 2 aromatic rings. The zero-order valence-electron chi connectivity index (χ0n) is 21.3. The molecule has 0 N–H and O–H groups in total. The molecule has 1 aromatic carbocycles. The lowest BCUT2D eigenvalue weighted by molar-refractivity contribution is 0.133. The van der Waals surface area contributed by atoms with Crippen LogP contribution < -0.4 is 4.74 Å². The maximum atomic E-state index is 11.8. The first-order valence-corrected chi connectivity index (χ1v) is 12.5. The first kappa shape index (κ1) is 29.6. The van der Waals surface area contributed by atoms with Crippen LogP contribution in [0.4, 0.5) is 4.79 Å². The molecular formula is C28H46N2O2. The molecule has 4 nitrogen and oxygen atoms in total. The molecule has 0 spiro atoms. The van der Waals surface area contributed by atoms with Crippen molar-refractivity contribution in [2.24, 2.45) is 5.92 Å². The van der Waals surface area contributed by atoms with E-state index in [2.05, 4.69) is 31.0 Å². The Morgan fingerprint density at radius 3 is 1.81 bits per heavy atom. The maximum absolute atomic E-state index is 11.8. The summed E-state index contributed by atoms with van der Waals surface area (Å²) in [5, 5.41) is 0. The fraction of sp³-hybridized carbons (Fsp3) is 0.571. The van der Waals surface area contributed by atoms with E-state index in [-0.39, 0.29) is 6.09 Å². The lowest BCUT2D eigenvalue weighted by Gasteiger charge is -2.29. The van der Waals surface area contributed by atoms with Gasteiger partial charge in [-0.1, -0.05) is 103 Å². The molecule has 2 heterocycles. The van der Waals surface area contributed by atoms with E-state index in [1.807, 2.05) is 45.9 Å². The average molecular weight is 443 g/mol. The molecular weight excluding hydrogens is 396 g/mol. The number of piperidine rings is 1. The molecule has 4 rings (SSSR count). The summed E-state index contributed by atoms with van der Waals surface area (Å²) in [6, 6.07) is 13.7. The second-order valence-corrected chi connectivity index (χ2v) is 7.65. The first-order chi connectivity index (χ1) is 15.6. The van der Waals surface area contributed by atoms with Gasteiger partial charge in [0.15, 0.2) is 5.75 Å². The number of carbonyl (C=O) groups is 1. The largest absolute Gasteiger partial charge is 0.415 e. The molecule has 1 aromatic heterocycles. The topological polar surface area (TPSA) is 42.4 Å². The van der Waals surface area contributed by atoms with E-state index in [0.29, 0.717) is 11.7 Å². The number of nitrogens with zero attached hydrogens (tertiary/aromatic N) is 2.